The molecule has 0 radical (unpaired) electrons. The summed E-state index contributed by atoms with van der Waals surface area (Å²) in [5.41, 5.74) is 3.09. The maximum atomic E-state index is 13.6. The molecule has 1 atom stereocenters. The van der Waals surface area contributed by atoms with Crippen LogP contribution in [0.3, 0.4) is 0 Å². The number of hydrogen-bond acceptors (Lipinski definition) is 9. The van der Waals surface area contributed by atoms with Crippen molar-refractivity contribution in [3.05, 3.63) is 93.5 Å². The van der Waals surface area contributed by atoms with Crippen LogP contribution >= 0.6 is 11.6 Å². The predicted octanol–water partition coefficient (Wildman–Crippen LogP) is 4.36. The van der Waals surface area contributed by atoms with Crippen LogP contribution in [-0.2, 0) is 9.59 Å². The van der Waals surface area contributed by atoms with Crippen LogP contribution in [0.5, 0.6) is 5.75 Å². The van der Waals surface area contributed by atoms with Crippen LogP contribution in [0.15, 0.2) is 60.7 Å². The summed E-state index contributed by atoms with van der Waals surface area (Å²) in [7, 11) is 0. The van der Waals surface area contributed by atoms with Gasteiger partial charge in [0.2, 0.25) is 11.8 Å². The molecule has 0 aromatic heterocycles. The Bertz CT molecular complexity index is 2090. The Hall–Kier alpha value is -5.69. The largest absolute Gasteiger partial charge is 0.473 e. The average Bonchev–Trinajstić information content (AvgIpc) is 3.44. The van der Waals surface area contributed by atoms with E-state index in [2.05, 4.69) is 32.3 Å². The molecule has 4 aliphatic rings. The number of hydrogen-bond donors (Lipinski definition) is 2. The quantitative estimate of drug-likeness (QED) is 0.195. The van der Waals surface area contributed by atoms with Gasteiger partial charge in [-0.3, -0.25) is 34.2 Å². The van der Waals surface area contributed by atoms with Crippen molar-refractivity contribution >= 4 is 46.8 Å². The molecule has 0 spiro atoms. The first-order valence-corrected chi connectivity index (χ1v) is 18.6. The zero-order valence-corrected chi connectivity index (χ0v) is 30.4. The molecule has 13 heteroatoms. The summed E-state index contributed by atoms with van der Waals surface area (Å²) in [5.74, 6) is 5.76. The van der Waals surface area contributed by atoms with Gasteiger partial charge in [-0.15, -0.1) is 0 Å². The molecule has 276 valence electrons. The van der Waals surface area contributed by atoms with Gasteiger partial charge in [0.05, 0.1) is 27.4 Å². The highest BCUT2D eigenvalue weighted by atomic mass is 35.5. The fourth-order valence-electron chi connectivity index (χ4n) is 7.60. The second-order valence-electron chi connectivity index (χ2n) is 14.0. The Labute approximate surface area is 318 Å². The lowest BCUT2D eigenvalue weighted by Crippen LogP contribution is -2.54. The molecular formula is C41H39ClN6O6. The number of fused-ring (bicyclic) bond motifs is 1. The predicted molar refractivity (Wildman–Crippen MR) is 200 cm³/mol. The molecule has 1 unspecified atom stereocenters. The van der Waals surface area contributed by atoms with Crippen LogP contribution in [0.2, 0.25) is 5.02 Å². The van der Waals surface area contributed by atoms with Gasteiger partial charge in [-0.2, -0.15) is 5.26 Å². The van der Waals surface area contributed by atoms with E-state index in [9.17, 15) is 24.0 Å². The van der Waals surface area contributed by atoms with E-state index in [0.29, 0.717) is 39.8 Å². The Morgan fingerprint density at radius 2 is 1.69 bits per heavy atom. The van der Waals surface area contributed by atoms with E-state index in [4.69, 9.17) is 21.6 Å². The third kappa shape index (κ3) is 7.96. The van der Waals surface area contributed by atoms with Gasteiger partial charge < -0.3 is 19.9 Å². The first-order chi connectivity index (χ1) is 26.2. The van der Waals surface area contributed by atoms with E-state index in [1.807, 2.05) is 24.3 Å². The molecule has 0 aliphatic carbocycles. The molecule has 4 aliphatic heterocycles. The molecule has 7 rings (SSSR count). The van der Waals surface area contributed by atoms with Crippen LogP contribution in [-0.4, -0.2) is 84.8 Å². The third-order valence-corrected chi connectivity index (χ3v) is 10.9. The van der Waals surface area contributed by atoms with Crippen LogP contribution in [0.25, 0.3) is 0 Å². The molecule has 54 heavy (non-hydrogen) atoms. The smallest absolute Gasteiger partial charge is 0.264 e. The second kappa shape index (κ2) is 16.1. The van der Waals surface area contributed by atoms with Crippen LogP contribution in [0, 0.1) is 35.0 Å². The second-order valence-corrected chi connectivity index (χ2v) is 14.5. The monoisotopic (exact) mass is 746 g/mol. The average molecular weight is 747 g/mol. The first-order valence-electron chi connectivity index (χ1n) is 18.2. The van der Waals surface area contributed by atoms with Gasteiger partial charge in [-0.1, -0.05) is 29.5 Å². The zero-order chi connectivity index (χ0) is 37.8. The van der Waals surface area contributed by atoms with Crippen molar-refractivity contribution in [2.24, 2.45) is 11.8 Å². The topological polar surface area (TPSA) is 152 Å². The highest BCUT2D eigenvalue weighted by molar-refractivity contribution is 6.31. The minimum absolute atomic E-state index is 0.0459. The molecule has 0 saturated carbocycles. The van der Waals surface area contributed by atoms with Crippen molar-refractivity contribution in [1.82, 2.24) is 20.4 Å². The van der Waals surface area contributed by atoms with E-state index in [0.717, 1.165) is 74.6 Å². The fourth-order valence-corrected chi connectivity index (χ4v) is 7.81. The van der Waals surface area contributed by atoms with Crippen LogP contribution < -0.4 is 20.3 Å². The minimum atomic E-state index is -0.980. The molecule has 3 saturated heterocycles. The standard InChI is InChI=1S/C41H39ClN6O6/c42-33-22-31(11-10-30(33)23-43)54-25-44-38(50)29-8-6-26(7-9-29)4-5-27-14-18-46(19-15-27)24-28-16-20-47(21-17-28)34-3-1-2-32-37(34)41(53)48(40(32)52)35-12-13-36(49)45-39(35)51/h1-3,6-11,22,27-28,35H,12-21,24-25H2,(H,44,50)(H,45,49,51). The van der Waals surface area contributed by atoms with Crippen molar-refractivity contribution in [1.29, 1.82) is 5.26 Å². The molecule has 3 aromatic rings. The Morgan fingerprint density at radius 1 is 0.926 bits per heavy atom. The van der Waals surface area contributed by atoms with Crippen molar-refractivity contribution in [3.63, 3.8) is 0 Å². The van der Waals surface area contributed by atoms with Gasteiger partial charge in [0.1, 0.15) is 17.9 Å². The number of nitrogens with zero attached hydrogens (tertiary/aromatic N) is 4. The summed E-state index contributed by atoms with van der Waals surface area (Å²) in [5, 5.41) is 14.2. The van der Waals surface area contributed by atoms with E-state index < -0.39 is 29.7 Å². The summed E-state index contributed by atoms with van der Waals surface area (Å²) in [6, 6.07) is 18.2. The van der Waals surface area contributed by atoms with Gasteiger partial charge in [-0.25, -0.2) is 0 Å². The van der Waals surface area contributed by atoms with Gasteiger partial charge in [0, 0.05) is 49.2 Å². The normalized spacial score (nSPS) is 19.4. The van der Waals surface area contributed by atoms with Crippen LogP contribution in [0.1, 0.15) is 80.7 Å². The lowest BCUT2D eigenvalue weighted by Gasteiger charge is -2.38. The van der Waals surface area contributed by atoms with Crippen molar-refractivity contribution < 1.29 is 28.7 Å². The maximum Gasteiger partial charge on any atom is 0.264 e. The van der Waals surface area contributed by atoms with Crippen molar-refractivity contribution in [2.45, 2.75) is 44.6 Å². The molecule has 0 bridgehead atoms. The number of benzene rings is 3. The maximum absolute atomic E-state index is 13.6. The number of amides is 5. The number of nitriles is 1. The number of halogens is 1. The SMILES string of the molecule is N#Cc1ccc(OCNC(=O)c2ccc(C#CC3CCN(CC4CCN(c5cccc6c5C(=O)N(C5CCC(=O)NC5=O)C6=O)CC4)CC3)cc2)cc1Cl. The number of imide groups is 2. The third-order valence-electron chi connectivity index (χ3n) is 10.6. The summed E-state index contributed by atoms with van der Waals surface area (Å²) in [6.07, 6.45) is 4.14. The highest BCUT2D eigenvalue weighted by Gasteiger charge is 2.46. The number of nitrogens with one attached hydrogen (secondary N) is 2. The van der Waals surface area contributed by atoms with Gasteiger partial charge in [0.25, 0.3) is 17.7 Å². The molecule has 3 fully saturated rings. The summed E-state index contributed by atoms with van der Waals surface area (Å²) >= 11 is 6.03. The number of carbonyl (C=O) groups is 5. The Balaban J connectivity index is 0.845. The molecule has 4 heterocycles. The number of anilines is 1. The van der Waals surface area contributed by atoms with E-state index in [1.165, 1.54) is 6.07 Å². The molecule has 3 aromatic carbocycles. The van der Waals surface area contributed by atoms with Gasteiger partial charge in [-0.05, 0) is 99.6 Å². The highest BCUT2D eigenvalue weighted by Crippen LogP contribution is 2.36. The number of likely N-dealkylation sites (tertiary alicyclic amines) is 1. The zero-order valence-electron chi connectivity index (χ0n) is 29.6. The number of rotatable bonds is 8. The van der Waals surface area contributed by atoms with Gasteiger partial charge >= 0.3 is 0 Å². The lowest BCUT2D eigenvalue weighted by atomic mass is 9.92. The summed E-state index contributed by atoms with van der Waals surface area (Å²) < 4.78 is 5.53. The summed E-state index contributed by atoms with van der Waals surface area (Å²) in [6.45, 7) is 4.46. The molecule has 2 N–H and O–H groups in total. The molecule has 12 nitrogen and oxygen atoms in total. The van der Waals surface area contributed by atoms with Crippen LogP contribution in [0.4, 0.5) is 5.69 Å². The number of ether oxygens (including phenoxy) is 1. The number of carbonyl (C=O) groups excluding carboxylic acids is 5. The fraction of sp³-hybridized carbons (Fsp3) is 0.366. The summed E-state index contributed by atoms with van der Waals surface area (Å²) in [4.78, 5) is 69.3. The van der Waals surface area contributed by atoms with Gasteiger partial charge in [0.15, 0.2) is 6.73 Å². The first kappa shape index (κ1) is 36.7. The Kier molecular flexibility index (Phi) is 11.0. The van der Waals surface area contributed by atoms with E-state index in [1.54, 1.807) is 36.4 Å². The van der Waals surface area contributed by atoms with E-state index >= 15 is 0 Å². The van der Waals surface area contributed by atoms with E-state index in [-0.39, 0.29) is 30.5 Å². The Morgan fingerprint density at radius 3 is 2.39 bits per heavy atom. The number of piperidine rings is 3. The minimum Gasteiger partial charge on any atom is -0.473 e. The lowest BCUT2D eigenvalue weighted by molar-refractivity contribution is -0.136. The van der Waals surface area contributed by atoms with Crippen molar-refractivity contribution in [2.75, 3.05) is 44.4 Å². The van der Waals surface area contributed by atoms with Crippen molar-refractivity contribution in [3.8, 4) is 23.7 Å². The molecular weight excluding hydrogens is 708 g/mol. The molecule has 5 amide bonds.